The van der Waals surface area contributed by atoms with Crippen molar-refractivity contribution < 1.29 is 18.1 Å². The number of rotatable bonds is 3. The summed E-state index contributed by atoms with van der Waals surface area (Å²) in [6, 6.07) is 1.49. The van der Waals surface area contributed by atoms with E-state index in [2.05, 4.69) is 15.5 Å². The molecule has 1 aromatic heterocycles. The van der Waals surface area contributed by atoms with Gasteiger partial charge in [0.15, 0.2) is 5.82 Å². The van der Waals surface area contributed by atoms with Crippen LogP contribution in [0, 0.1) is 18.6 Å². The van der Waals surface area contributed by atoms with Crippen LogP contribution in [0.1, 0.15) is 22.1 Å². The average molecular weight is 268 g/mol. The maximum atomic E-state index is 13.4. The first-order chi connectivity index (χ1) is 8.97. The smallest absolute Gasteiger partial charge is 0.254 e. The highest BCUT2D eigenvalue weighted by molar-refractivity contribution is 5.95. The molecular weight excluding hydrogens is 258 g/mol. The lowest BCUT2D eigenvalue weighted by Gasteiger charge is -2.05. The quantitative estimate of drug-likeness (QED) is 0.815. The Kier molecular flexibility index (Phi) is 3.41. The Bertz CT molecular complexity index is 627. The van der Waals surface area contributed by atoms with Crippen LogP contribution in [0.3, 0.4) is 0 Å². The molecule has 0 saturated heterocycles. The van der Waals surface area contributed by atoms with E-state index in [1.165, 1.54) is 0 Å². The van der Waals surface area contributed by atoms with E-state index in [1.807, 2.05) is 0 Å². The molecule has 100 valence electrons. The summed E-state index contributed by atoms with van der Waals surface area (Å²) in [5.41, 5.74) is 4.62. The van der Waals surface area contributed by atoms with Gasteiger partial charge in [0.1, 0.15) is 11.6 Å². The van der Waals surface area contributed by atoms with Gasteiger partial charge in [-0.15, -0.1) is 0 Å². The lowest BCUT2D eigenvalue weighted by molar-refractivity contribution is 0.0942. The molecule has 2 aromatic rings. The van der Waals surface area contributed by atoms with E-state index >= 15 is 0 Å². The Morgan fingerprint density at radius 1 is 1.42 bits per heavy atom. The van der Waals surface area contributed by atoms with Crippen LogP contribution in [0.2, 0.25) is 0 Å². The monoisotopic (exact) mass is 268 g/mol. The molecule has 1 heterocycles. The number of nitrogens with one attached hydrogen (secondary N) is 1. The van der Waals surface area contributed by atoms with Crippen LogP contribution < -0.4 is 11.1 Å². The van der Waals surface area contributed by atoms with Crippen molar-refractivity contribution in [1.82, 2.24) is 15.5 Å². The van der Waals surface area contributed by atoms with Crippen LogP contribution in [0.5, 0.6) is 0 Å². The SMILES string of the molecule is Cc1noc(CNC(=O)c2cc(N)c(F)cc2F)n1. The normalized spacial score (nSPS) is 10.5. The largest absolute Gasteiger partial charge is 0.396 e. The third kappa shape index (κ3) is 2.84. The molecule has 0 bridgehead atoms. The van der Waals surface area contributed by atoms with E-state index in [1.54, 1.807) is 6.92 Å². The van der Waals surface area contributed by atoms with Gasteiger partial charge in [0.2, 0.25) is 5.89 Å². The molecule has 0 saturated carbocycles. The number of hydrogen-bond acceptors (Lipinski definition) is 5. The van der Waals surface area contributed by atoms with Gasteiger partial charge in [-0.05, 0) is 13.0 Å². The maximum Gasteiger partial charge on any atom is 0.254 e. The minimum Gasteiger partial charge on any atom is -0.396 e. The molecule has 3 N–H and O–H groups in total. The summed E-state index contributed by atoms with van der Waals surface area (Å²) in [5, 5.41) is 5.89. The zero-order valence-electron chi connectivity index (χ0n) is 9.91. The molecule has 1 amide bonds. The van der Waals surface area contributed by atoms with Gasteiger partial charge < -0.3 is 15.6 Å². The molecule has 0 fully saturated rings. The molecule has 19 heavy (non-hydrogen) atoms. The van der Waals surface area contributed by atoms with Crippen LogP contribution >= 0.6 is 0 Å². The van der Waals surface area contributed by atoms with Crippen molar-refractivity contribution in [3.05, 3.63) is 41.0 Å². The number of aromatic nitrogens is 2. The number of anilines is 1. The van der Waals surface area contributed by atoms with Crippen LogP contribution in [-0.2, 0) is 6.54 Å². The van der Waals surface area contributed by atoms with Gasteiger partial charge >= 0.3 is 0 Å². The second-order valence-electron chi connectivity index (χ2n) is 3.77. The van der Waals surface area contributed by atoms with Gasteiger partial charge in [-0.3, -0.25) is 4.79 Å². The number of amides is 1. The van der Waals surface area contributed by atoms with Crippen molar-refractivity contribution in [2.24, 2.45) is 0 Å². The first kappa shape index (κ1) is 12.9. The fraction of sp³-hybridized carbons (Fsp3) is 0.182. The van der Waals surface area contributed by atoms with Crippen LogP contribution in [0.4, 0.5) is 14.5 Å². The molecule has 0 aliphatic rings. The number of carbonyl (C=O) groups excluding carboxylic acids is 1. The molecule has 1 aromatic carbocycles. The first-order valence-electron chi connectivity index (χ1n) is 5.29. The molecule has 2 rings (SSSR count). The first-order valence-corrected chi connectivity index (χ1v) is 5.29. The van der Waals surface area contributed by atoms with Gasteiger partial charge in [0.25, 0.3) is 5.91 Å². The molecular formula is C11H10F2N4O2. The molecule has 0 unspecified atom stereocenters. The standard InChI is InChI=1S/C11H10F2N4O2/c1-5-16-10(19-17-5)4-15-11(18)6-2-9(14)8(13)3-7(6)12/h2-3H,4,14H2,1H3,(H,15,18). The van der Waals surface area contributed by atoms with Crippen molar-refractivity contribution in [1.29, 1.82) is 0 Å². The zero-order valence-corrected chi connectivity index (χ0v) is 9.91. The van der Waals surface area contributed by atoms with Gasteiger partial charge in [-0.1, -0.05) is 5.16 Å². The summed E-state index contributed by atoms with van der Waals surface area (Å²) >= 11 is 0. The third-order valence-corrected chi connectivity index (χ3v) is 2.30. The average Bonchev–Trinajstić information content (AvgIpc) is 2.77. The second-order valence-corrected chi connectivity index (χ2v) is 3.77. The van der Waals surface area contributed by atoms with E-state index in [4.69, 9.17) is 10.3 Å². The number of nitrogens with zero attached hydrogens (tertiary/aromatic N) is 2. The number of hydrogen-bond donors (Lipinski definition) is 2. The Labute approximate surface area is 106 Å². The summed E-state index contributed by atoms with van der Waals surface area (Å²) in [5.74, 6) is -2.06. The minimum atomic E-state index is -0.995. The van der Waals surface area contributed by atoms with Gasteiger partial charge in [-0.25, -0.2) is 8.78 Å². The lowest BCUT2D eigenvalue weighted by atomic mass is 10.1. The molecule has 6 nitrogen and oxygen atoms in total. The van der Waals surface area contributed by atoms with E-state index in [9.17, 15) is 13.6 Å². The van der Waals surface area contributed by atoms with Crippen molar-refractivity contribution in [2.45, 2.75) is 13.5 Å². The number of aryl methyl sites for hydroxylation is 1. The van der Waals surface area contributed by atoms with Crippen LogP contribution in [0.25, 0.3) is 0 Å². The Morgan fingerprint density at radius 2 is 2.16 bits per heavy atom. The van der Waals surface area contributed by atoms with Crippen molar-refractivity contribution in [3.8, 4) is 0 Å². The molecule has 0 radical (unpaired) electrons. The molecule has 0 aliphatic heterocycles. The predicted octanol–water partition coefficient (Wildman–Crippen LogP) is 1.17. The lowest BCUT2D eigenvalue weighted by Crippen LogP contribution is -2.24. The number of halogens is 2. The number of carbonyl (C=O) groups is 1. The Morgan fingerprint density at radius 3 is 2.79 bits per heavy atom. The van der Waals surface area contributed by atoms with Crippen molar-refractivity contribution in [3.63, 3.8) is 0 Å². The molecule has 0 aliphatic carbocycles. The number of nitrogens with two attached hydrogens (primary N) is 1. The maximum absolute atomic E-state index is 13.4. The predicted molar refractivity (Wildman–Crippen MR) is 61.0 cm³/mol. The van der Waals surface area contributed by atoms with Crippen molar-refractivity contribution in [2.75, 3.05) is 5.73 Å². The number of benzene rings is 1. The molecule has 0 spiro atoms. The van der Waals surface area contributed by atoms with E-state index < -0.39 is 17.5 Å². The number of nitrogen functional groups attached to an aromatic ring is 1. The Hall–Kier alpha value is -2.51. The van der Waals surface area contributed by atoms with Gasteiger partial charge in [-0.2, -0.15) is 4.98 Å². The van der Waals surface area contributed by atoms with E-state index in [0.717, 1.165) is 6.07 Å². The summed E-state index contributed by atoms with van der Waals surface area (Å²) < 4.78 is 31.1. The van der Waals surface area contributed by atoms with Crippen LogP contribution in [-0.4, -0.2) is 16.0 Å². The Balaban J connectivity index is 2.10. The molecule has 0 atom stereocenters. The fourth-order valence-electron chi connectivity index (χ4n) is 1.40. The topological polar surface area (TPSA) is 94.0 Å². The van der Waals surface area contributed by atoms with Gasteiger partial charge in [0, 0.05) is 6.07 Å². The van der Waals surface area contributed by atoms with Crippen LogP contribution in [0.15, 0.2) is 16.7 Å². The highest BCUT2D eigenvalue weighted by Crippen LogP contribution is 2.16. The minimum absolute atomic E-state index is 0.0591. The summed E-state index contributed by atoms with van der Waals surface area (Å²) in [6.45, 7) is 1.56. The summed E-state index contributed by atoms with van der Waals surface area (Å²) in [6.07, 6.45) is 0. The second kappa shape index (κ2) is 5.01. The van der Waals surface area contributed by atoms with E-state index in [-0.39, 0.29) is 23.7 Å². The summed E-state index contributed by atoms with van der Waals surface area (Å²) in [7, 11) is 0. The van der Waals surface area contributed by atoms with Crippen molar-refractivity contribution >= 4 is 11.6 Å². The summed E-state index contributed by atoms with van der Waals surface area (Å²) in [4.78, 5) is 15.5. The van der Waals surface area contributed by atoms with Gasteiger partial charge in [0.05, 0.1) is 17.8 Å². The van der Waals surface area contributed by atoms with E-state index in [0.29, 0.717) is 11.9 Å². The third-order valence-electron chi connectivity index (χ3n) is 2.30. The molecule has 8 heteroatoms. The fourth-order valence-corrected chi connectivity index (χ4v) is 1.40. The zero-order chi connectivity index (χ0) is 14.0. The highest BCUT2D eigenvalue weighted by atomic mass is 19.1. The highest BCUT2D eigenvalue weighted by Gasteiger charge is 2.15.